The zero-order chi connectivity index (χ0) is 13.9. The molecule has 0 aliphatic carbocycles. The second kappa shape index (κ2) is 6.25. The maximum absolute atomic E-state index is 13.7. The smallest absolute Gasteiger partial charge is 0.128 e. The number of aliphatic hydroxyl groups is 1. The fourth-order valence-corrected chi connectivity index (χ4v) is 1.64. The Morgan fingerprint density at radius 3 is 2.33 bits per heavy atom. The summed E-state index contributed by atoms with van der Waals surface area (Å²) in [5, 5.41) is 12.7. The van der Waals surface area contributed by atoms with Crippen molar-refractivity contribution in [2.24, 2.45) is 5.92 Å². The summed E-state index contributed by atoms with van der Waals surface area (Å²) < 4.78 is 27.1. The standard InChI is InChI=1S/C14H21F2NO/c1-8(2)14(18)7-17-10(4)11-6-12(15)9(3)5-13(11)16/h5-6,8,10,14,17-18H,7H2,1-4H3. The first-order chi connectivity index (χ1) is 8.32. The number of benzene rings is 1. The van der Waals surface area contributed by atoms with Gasteiger partial charge in [-0.25, -0.2) is 8.78 Å². The summed E-state index contributed by atoms with van der Waals surface area (Å²) in [6, 6.07) is 2.07. The maximum atomic E-state index is 13.7. The highest BCUT2D eigenvalue weighted by molar-refractivity contribution is 5.27. The summed E-state index contributed by atoms with van der Waals surface area (Å²) in [6.45, 7) is 7.45. The van der Waals surface area contributed by atoms with Crippen molar-refractivity contribution in [2.75, 3.05) is 6.54 Å². The van der Waals surface area contributed by atoms with E-state index in [1.54, 1.807) is 6.92 Å². The van der Waals surface area contributed by atoms with Crippen molar-refractivity contribution in [1.29, 1.82) is 0 Å². The van der Waals surface area contributed by atoms with Gasteiger partial charge in [0.05, 0.1) is 6.10 Å². The van der Waals surface area contributed by atoms with Gasteiger partial charge in [0.25, 0.3) is 0 Å². The summed E-state index contributed by atoms with van der Waals surface area (Å²) in [7, 11) is 0. The minimum Gasteiger partial charge on any atom is -0.392 e. The molecule has 2 atom stereocenters. The summed E-state index contributed by atoms with van der Waals surface area (Å²) >= 11 is 0. The Balaban J connectivity index is 2.72. The first-order valence-electron chi connectivity index (χ1n) is 6.20. The summed E-state index contributed by atoms with van der Waals surface area (Å²) in [5.41, 5.74) is 0.583. The van der Waals surface area contributed by atoms with Crippen molar-refractivity contribution in [1.82, 2.24) is 5.32 Å². The molecule has 2 N–H and O–H groups in total. The highest BCUT2D eigenvalue weighted by Gasteiger charge is 2.16. The quantitative estimate of drug-likeness (QED) is 0.850. The van der Waals surface area contributed by atoms with Gasteiger partial charge in [0.15, 0.2) is 0 Å². The lowest BCUT2D eigenvalue weighted by Crippen LogP contribution is -2.32. The molecule has 0 aliphatic rings. The van der Waals surface area contributed by atoms with E-state index in [1.807, 2.05) is 13.8 Å². The molecule has 1 aromatic carbocycles. The highest BCUT2D eigenvalue weighted by Crippen LogP contribution is 2.20. The number of hydrogen-bond donors (Lipinski definition) is 2. The molecule has 1 aromatic rings. The van der Waals surface area contributed by atoms with Gasteiger partial charge >= 0.3 is 0 Å². The molecule has 4 heteroatoms. The number of aliphatic hydroxyl groups excluding tert-OH is 1. The molecule has 0 aliphatic heterocycles. The van der Waals surface area contributed by atoms with Crippen LogP contribution in [0.3, 0.4) is 0 Å². The van der Waals surface area contributed by atoms with Crippen LogP contribution in [-0.2, 0) is 0 Å². The van der Waals surface area contributed by atoms with Crippen LogP contribution in [0.1, 0.15) is 37.9 Å². The number of rotatable bonds is 5. The predicted molar refractivity (Wildman–Crippen MR) is 68.4 cm³/mol. The van der Waals surface area contributed by atoms with E-state index >= 15 is 0 Å². The van der Waals surface area contributed by atoms with Gasteiger partial charge in [0.2, 0.25) is 0 Å². The van der Waals surface area contributed by atoms with E-state index in [2.05, 4.69) is 5.32 Å². The van der Waals surface area contributed by atoms with E-state index in [0.717, 1.165) is 0 Å². The zero-order valence-corrected chi connectivity index (χ0v) is 11.3. The van der Waals surface area contributed by atoms with Gasteiger partial charge in [-0.15, -0.1) is 0 Å². The van der Waals surface area contributed by atoms with Crippen molar-refractivity contribution >= 4 is 0 Å². The van der Waals surface area contributed by atoms with Crippen molar-refractivity contribution in [3.8, 4) is 0 Å². The molecule has 2 nitrogen and oxygen atoms in total. The Bertz CT molecular complexity index is 407. The SMILES string of the molecule is Cc1cc(F)c(C(C)NCC(O)C(C)C)cc1F. The average molecular weight is 257 g/mol. The van der Waals surface area contributed by atoms with Gasteiger partial charge in [-0.3, -0.25) is 0 Å². The minimum absolute atomic E-state index is 0.129. The molecule has 18 heavy (non-hydrogen) atoms. The fourth-order valence-electron chi connectivity index (χ4n) is 1.64. The minimum atomic E-state index is -0.495. The van der Waals surface area contributed by atoms with Crippen LogP contribution < -0.4 is 5.32 Å². The van der Waals surface area contributed by atoms with E-state index in [4.69, 9.17) is 0 Å². The van der Waals surface area contributed by atoms with Gasteiger partial charge in [-0.05, 0) is 37.5 Å². The van der Waals surface area contributed by atoms with Crippen LogP contribution in [-0.4, -0.2) is 17.8 Å². The van der Waals surface area contributed by atoms with Gasteiger partial charge in [-0.1, -0.05) is 13.8 Å². The molecule has 0 aromatic heterocycles. The number of nitrogens with one attached hydrogen (secondary N) is 1. The number of aryl methyl sites for hydroxylation is 1. The lowest BCUT2D eigenvalue weighted by Gasteiger charge is -2.20. The van der Waals surface area contributed by atoms with Gasteiger partial charge in [-0.2, -0.15) is 0 Å². The second-order valence-electron chi connectivity index (χ2n) is 5.06. The Hall–Kier alpha value is -1.00. The summed E-state index contributed by atoms with van der Waals surface area (Å²) in [6.07, 6.45) is -0.495. The second-order valence-corrected chi connectivity index (χ2v) is 5.06. The molecule has 1 rings (SSSR count). The summed E-state index contributed by atoms with van der Waals surface area (Å²) in [4.78, 5) is 0. The van der Waals surface area contributed by atoms with Crippen molar-refractivity contribution < 1.29 is 13.9 Å². The topological polar surface area (TPSA) is 32.3 Å². The Morgan fingerprint density at radius 1 is 1.17 bits per heavy atom. The molecule has 0 saturated heterocycles. The molecule has 0 bridgehead atoms. The Morgan fingerprint density at radius 2 is 1.78 bits per heavy atom. The number of hydrogen-bond acceptors (Lipinski definition) is 2. The molecule has 2 unspecified atom stereocenters. The first-order valence-corrected chi connectivity index (χ1v) is 6.20. The monoisotopic (exact) mass is 257 g/mol. The molecular formula is C14H21F2NO. The third-order valence-corrected chi connectivity index (χ3v) is 3.15. The van der Waals surface area contributed by atoms with E-state index in [0.29, 0.717) is 12.1 Å². The van der Waals surface area contributed by atoms with Crippen LogP contribution in [0.5, 0.6) is 0 Å². The fraction of sp³-hybridized carbons (Fsp3) is 0.571. The first kappa shape index (κ1) is 15.1. The molecule has 0 radical (unpaired) electrons. The van der Waals surface area contributed by atoms with E-state index in [-0.39, 0.29) is 17.5 Å². The van der Waals surface area contributed by atoms with Crippen LogP contribution in [0.15, 0.2) is 12.1 Å². The van der Waals surface area contributed by atoms with E-state index in [1.165, 1.54) is 19.1 Å². The van der Waals surface area contributed by atoms with Gasteiger partial charge in [0.1, 0.15) is 11.6 Å². The van der Waals surface area contributed by atoms with Crippen LogP contribution >= 0.6 is 0 Å². The Kier molecular flexibility index (Phi) is 5.23. The van der Waals surface area contributed by atoms with Crippen LogP contribution in [0.2, 0.25) is 0 Å². The highest BCUT2D eigenvalue weighted by atomic mass is 19.1. The van der Waals surface area contributed by atoms with Crippen molar-refractivity contribution in [2.45, 2.75) is 39.8 Å². The van der Waals surface area contributed by atoms with Crippen molar-refractivity contribution in [3.63, 3.8) is 0 Å². The predicted octanol–water partition coefficient (Wildman–Crippen LogP) is 2.94. The zero-order valence-electron chi connectivity index (χ0n) is 11.3. The molecule has 0 amide bonds. The van der Waals surface area contributed by atoms with Gasteiger partial charge in [0, 0.05) is 18.2 Å². The number of halogens is 2. The van der Waals surface area contributed by atoms with E-state index in [9.17, 15) is 13.9 Å². The molecule has 0 spiro atoms. The summed E-state index contributed by atoms with van der Waals surface area (Å²) in [5.74, 6) is -0.707. The maximum Gasteiger partial charge on any atom is 0.128 e. The average Bonchev–Trinajstić information content (AvgIpc) is 2.30. The third-order valence-electron chi connectivity index (χ3n) is 3.15. The van der Waals surface area contributed by atoms with Crippen LogP contribution in [0.4, 0.5) is 8.78 Å². The normalized spacial score (nSPS) is 14.9. The molecule has 102 valence electrons. The molecule has 0 fully saturated rings. The van der Waals surface area contributed by atoms with Crippen molar-refractivity contribution in [3.05, 3.63) is 34.9 Å². The Labute approximate surface area is 107 Å². The molecular weight excluding hydrogens is 236 g/mol. The molecule has 0 heterocycles. The molecule has 0 saturated carbocycles. The lowest BCUT2D eigenvalue weighted by molar-refractivity contribution is 0.120. The van der Waals surface area contributed by atoms with Crippen LogP contribution in [0.25, 0.3) is 0 Å². The van der Waals surface area contributed by atoms with Gasteiger partial charge < -0.3 is 10.4 Å². The van der Waals surface area contributed by atoms with Crippen LogP contribution in [0, 0.1) is 24.5 Å². The van der Waals surface area contributed by atoms with E-state index < -0.39 is 17.7 Å². The largest absolute Gasteiger partial charge is 0.392 e. The third kappa shape index (κ3) is 3.75. The lowest BCUT2D eigenvalue weighted by atomic mass is 10.0.